The number of nitrogens with one attached hydrogen (secondary N) is 5. The zero-order chi connectivity index (χ0) is 30.9. The number of hydrogen-bond donors (Lipinski definition) is 6. The Morgan fingerprint density at radius 2 is 0.900 bits per heavy atom. The second-order valence-corrected chi connectivity index (χ2v) is 8.71. The summed E-state index contributed by atoms with van der Waals surface area (Å²) < 4.78 is 0. The summed E-state index contributed by atoms with van der Waals surface area (Å²) in [6.07, 6.45) is 0. The molecule has 0 radical (unpaired) electrons. The molecule has 18 nitrogen and oxygen atoms in total. The van der Waals surface area contributed by atoms with Gasteiger partial charge in [-0.25, -0.2) is 0 Å². The topological polar surface area (TPSA) is 269 Å². The first-order valence-electron chi connectivity index (χ1n) is 11.6. The van der Waals surface area contributed by atoms with E-state index in [0.717, 1.165) is 12.1 Å². The molecule has 1 aromatic rings. The van der Waals surface area contributed by atoms with Gasteiger partial charge in [-0.15, -0.1) is 0 Å². The highest BCUT2D eigenvalue weighted by molar-refractivity contribution is 5.99. The van der Waals surface area contributed by atoms with Gasteiger partial charge in [-0.1, -0.05) is 0 Å². The summed E-state index contributed by atoms with van der Waals surface area (Å²) in [6, 6.07) is -3.70. The molecule has 0 aromatic heterocycles. The summed E-state index contributed by atoms with van der Waals surface area (Å²) in [7, 11) is 0. The van der Waals surface area contributed by atoms with Crippen molar-refractivity contribution in [3.63, 3.8) is 0 Å². The standard InChI is InChI=1S/C22H29N7O11/c1-9(18(31)25-11(3)20(33)27-13(5)22(35)36)23-17(30)10(2)24-19(32)12(4)26-21(34)14-6-15(28(37)38)8-16(7-14)29(39)40/h6-13H,1-5H3,(H,23,30)(H,24,32)(H,25,31)(H,26,34)(H,27,33)(H,35,36)/t9-,10-,11-,12-,13-/m0/s1. The number of amides is 5. The van der Waals surface area contributed by atoms with Crippen molar-refractivity contribution in [2.24, 2.45) is 0 Å². The highest BCUT2D eigenvalue weighted by Crippen LogP contribution is 2.22. The normalized spacial score (nSPS) is 14.2. The molecule has 5 amide bonds. The second kappa shape index (κ2) is 14.1. The van der Waals surface area contributed by atoms with Crippen molar-refractivity contribution >= 4 is 46.9 Å². The number of carbonyl (C=O) groups excluding carboxylic acids is 5. The van der Waals surface area contributed by atoms with E-state index in [4.69, 9.17) is 5.11 Å². The molecule has 0 unspecified atom stereocenters. The van der Waals surface area contributed by atoms with Crippen molar-refractivity contribution in [1.29, 1.82) is 0 Å². The number of carboxylic acid groups (broad SMARTS) is 1. The third-order valence-electron chi connectivity index (χ3n) is 5.31. The molecule has 0 saturated carbocycles. The molecule has 40 heavy (non-hydrogen) atoms. The molecule has 0 spiro atoms. The maximum Gasteiger partial charge on any atom is 0.325 e. The van der Waals surface area contributed by atoms with Gasteiger partial charge in [-0.05, 0) is 34.6 Å². The maximum absolute atomic E-state index is 12.5. The molecule has 5 atom stereocenters. The molecule has 0 fully saturated rings. The van der Waals surface area contributed by atoms with Crippen molar-refractivity contribution < 1.29 is 43.7 Å². The van der Waals surface area contributed by atoms with Crippen LogP contribution in [0.3, 0.4) is 0 Å². The van der Waals surface area contributed by atoms with Crippen molar-refractivity contribution in [3.05, 3.63) is 44.0 Å². The van der Waals surface area contributed by atoms with E-state index in [1.165, 1.54) is 34.6 Å². The van der Waals surface area contributed by atoms with E-state index < -0.39 is 92.5 Å². The molecule has 0 heterocycles. The average molecular weight is 568 g/mol. The van der Waals surface area contributed by atoms with Crippen molar-refractivity contribution in [2.45, 2.75) is 64.8 Å². The van der Waals surface area contributed by atoms with Crippen LogP contribution < -0.4 is 26.6 Å². The highest BCUT2D eigenvalue weighted by Gasteiger charge is 2.27. The highest BCUT2D eigenvalue weighted by atomic mass is 16.6. The lowest BCUT2D eigenvalue weighted by Gasteiger charge is -2.22. The molecule has 218 valence electrons. The van der Waals surface area contributed by atoms with Crippen LogP contribution >= 0.6 is 0 Å². The summed E-state index contributed by atoms with van der Waals surface area (Å²) in [4.78, 5) is 92.7. The van der Waals surface area contributed by atoms with E-state index in [2.05, 4.69) is 26.6 Å². The van der Waals surface area contributed by atoms with Crippen LogP contribution in [0.2, 0.25) is 0 Å². The zero-order valence-corrected chi connectivity index (χ0v) is 22.0. The quantitative estimate of drug-likeness (QED) is 0.121. The lowest BCUT2D eigenvalue weighted by Crippen LogP contribution is -2.56. The van der Waals surface area contributed by atoms with Gasteiger partial charge in [-0.2, -0.15) is 0 Å². The Morgan fingerprint density at radius 3 is 1.20 bits per heavy atom. The first-order valence-corrected chi connectivity index (χ1v) is 11.6. The SMILES string of the molecule is C[C@H](NC(=O)[C@H](C)NC(=O)[C@H](C)NC(=O)[C@H](C)NC(=O)[C@H](C)NC(=O)c1cc([N+](=O)[O-])cc([N+](=O)[O-])c1)C(=O)O. The molecule has 6 N–H and O–H groups in total. The molecular formula is C22H29N7O11. The van der Waals surface area contributed by atoms with E-state index in [0.29, 0.717) is 6.07 Å². The lowest BCUT2D eigenvalue weighted by molar-refractivity contribution is -0.394. The van der Waals surface area contributed by atoms with E-state index >= 15 is 0 Å². The van der Waals surface area contributed by atoms with Crippen LogP contribution in [-0.2, 0) is 24.0 Å². The fourth-order valence-electron chi connectivity index (χ4n) is 2.89. The summed E-state index contributed by atoms with van der Waals surface area (Å²) in [5.41, 5.74) is -1.85. The minimum atomic E-state index is -1.28. The van der Waals surface area contributed by atoms with E-state index in [9.17, 15) is 49.0 Å². The van der Waals surface area contributed by atoms with E-state index in [1.54, 1.807) is 0 Å². The lowest BCUT2D eigenvalue weighted by atomic mass is 10.1. The number of nitrogens with zero attached hydrogens (tertiary/aromatic N) is 2. The number of non-ortho nitro benzene ring substituents is 2. The smallest absolute Gasteiger partial charge is 0.325 e. The first-order chi connectivity index (χ1) is 18.4. The van der Waals surface area contributed by atoms with Gasteiger partial charge in [-0.3, -0.25) is 49.0 Å². The van der Waals surface area contributed by atoms with Crippen LogP contribution in [0.1, 0.15) is 45.0 Å². The number of carbonyl (C=O) groups is 6. The van der Waals surface area contributed by atoms with Crippen LogP contribution in [0, 0.1) is 20.2 Å². The molecule has 1 rings (SSSR count). The number of hydrogen-bond acceptors (Lipinski definition) is 10. The molecule has 1 aromatic carbocycles. The molecule has 0 aliphatic rings. The van der Waals surface area contributed by atoms with Gasteiger partial charge in [0.05, 0.1) is 21.5 Å². The van der Waals surface area contributed by atoms with Gasteiger partial charge in [0.1, 0.15) is 30.2 Å². The van der Waals surface area contributed by atoms with Gasteiger partial charge in [0.2, 0.25) is 23.6 Å². The summed E-state index contributed by atoms with van der Waals surface area (Å²) >= 11 is 0. The average Bonchev–Trinajstić information content (AvgIpc) is 2.87. The Kier molecular flexibility index (Phi) is 11.6. The largest absolute Gasteiger partial charge is 0.480 e. The number of nitro groups is 2. The number of aliphatic carboxylic acids is 1. The van der Waals surface area contributed by atoms with Gasteiger partial charge < -0.3 is 31.7 Å². The number of benzene rings is 1. The third-order valence-corrected chi connectivity index (χ3v) is 5.31. The number of rotatable bonds is 13. The van der Waals surface area contributed by atoms with Crippen LogP contribution in [0.15, 0.2) is 18.2 Å². The first kappa shape index (κ1) is 32.9. The maximum atomic E-state index is 12.5. The minimum absolute atomic E-state index is 0.438. The van der Waals surface area contributed by atoms with Crippen LogP contribution in [0.4, 0.5) is 11.4 Å². The number of nitro benzene ring substituents is 2. The van der Waals surface area contributed by atoms with E-state index in [-0.39, 0.29) is 0 Å². The van der Waals surface area contributed by atoms with Gasteiger partial charge in [0, 0.05) is 12.1 Å². The van der Waals surface area contributed by atoms with Crippen LogP contribution in [0.25, 0.3) is 0 Å². The summed E-state index contributed by atoms with van der Waals surface area (Å²) in [5.74, 6) is -5.49. The fraction of sp³-hybridized carbons (Fsp3) is 0.455. The Bertz CT molecular complexity index is 1190. The fourth-order valence-corrected chi connectivity index (χ4v) is 2.89. The predicted molar refractivity (Wildman–Crippen MR) is 135 cm³/mol. The Morgan fingerprint density at radius 1 is 0.600 bits per heavy atom. The molecular weight excluding hydrogens is 538 g/mol. The summed E-state index contributed by atoms with van der Waals surface area (Å²) in [6.45, 7) is 6.35. The molecule has 0 saturated heterocycles. The molecule has 0 bridgehead atoms. The Hall–Kier alpha value is -5.16. The summed E-state index contributed by atoms with van der Waals surface area (Å²) in [5, 5.41) is 42.2. The Balaban J connectivity index is 2.70. The number of carboxylic acids is 1. The third kappa shape index (κ3) is 9.62. The molecule has 0 aliphatic heterocycles. The second-order valence-electron chi connectivity index (χ2n) is 8.71. The van der Waals surface area contributed by atoms with Crippen molar-refractivity contribution in [3.8, 4) is 0 Å². The van der Waals surface area contributed by atoms with E-state index in [1.807, 2.05) is 0 Å². The van der Waals surface area contributed by atoms with Crippen molar-refractivity contribution in [2.75, 3.05) is 0 Å². The molecule has 0 aliphatic carbocycles. The van der Waals surface area contributed by atoms with Gasteiger partial charge in [0.25, 0.3) is 17.3 Å². The monoisotopic (exact) mass is 567 g/mol. The predicted octanol–water partition coefficient (Wildman–Crippen LogP) is -1.28. The van der Waals surface area contributed by atoms with Gasteiger partial charge in [0.15, 0.2) is 0 Å². The van der Waals surface area contributed by atoms with Gasteiger partial charge >= 0.3 is 5.97 Å². The van der Waals surface area contributed by atoms with Crippen LogP contribution in [-0.4, -0.2) is 80.7 Å². The Labute approximate surface area is 226 Å². The van der Waals surface area contributed by atoms with Crippen LogP contribution in [0.5, 0.6) is 0 Å². The molecule has 18 heteroatoms. The zero-order valence-electron chi connectivity index (χ0n) is 22.0. The van der Waals surface area contributed by atoms with Crippen molar-refractivity contribution in [1.82, 2.24) is 26.6 Å². The minimum Gasteiger partial charge on any atom is -0.480 e.